The molecule has 1 nitrogen and oxygen atoms in total. The molecule has 0 N–H and O–H groups in total. The molecule has 0 amide bonds. The van der Waals surface area contributed by atoms with E-state index in [2.05, 4.69) is 13.2 Å². The van der Waals surface area contributed by atoms with Crippen molar-refractivity contribution in [1.29, 1.82) is 0 Å². The number of hydrogen-bond acceptors (Lipinski definition) is 1. The number of allylic oxidation sites excluding steroid dienone is 2. The molecule has 0 spiro atoms. The maximum absolute atomic E-state index is 10.5. The lowest BCUT2D eigenvalue weighted by atomic mass is 10.1. The predicted octanol–water partition coefficient (Wildman–Crippen LogP) is 2.10. The van der Waals surface area contributed by atoms with Crippen molar-refractivity contribution in [3.05, 3.63) is 24.3 Å². The van der Waals surface area contributed by atoms with Crippen molar-refractivity contribution in [1.82, 2.24) is 0 Å². The number of carbonyl (C=O) groups excluding carboxylic acids is 1. The van der Waals surface area contributed by atoms with Crippen LogP contribution in [0.2, 0.25) is 0 Å². The van der Waals surface area contributed by atoms with Gasteiger partial charge in [0.05, 0.1) is 0 Å². The number of rotatable bonds is 3. The Morgan fingerprint density at radius 1 is 1.33 bits per heavy atom. The molecule has 0 aromatic rings. The molecule has 0 bridgehead atoms. The highest BCUT2D eigenvalue weighted by Gasteiger charge is 1.98. The summed E-state index contributed by atoms with van der Waals surface area (Å²) in [6, 6.07) is 0. The molecule has 0 aromatic heterocycles. The largest absolute Gasteiger partial charge is 0.295 e. The van der Waals surface area contributed by atoms with Gasteiger partial charge in [0.1, 0.15) is 0 Å². The van der Waals surface area contributed by atoms with Crippen molar-refractivity contribution < 1.29 is 4.79 Å². The summed E-state index contributed by atoms with van der Waals surface area (Å²) in [5, 5.41) is 0. The molecule has 0 unspecified atom stereocenters. The first kappa shape index (κ1) is 8.15. The molecule has 9 heavy (non-hydrogen) atoms. The van der Waals surface area contributed by atoms with Gasteiger partial charge in [-0.05, 0) is 25.8 Å². The smallest absolute Gasteiger partial charge is 0.155 e. The lowest BCUT2D eigenvalue weighted by molar-refractivity contribution is -0.113. The van der Waals surface area contributed by atoms with Crippen LogP contribution < -0.4 is 0 Å². The van der Waals surface area contributed by atoms with Crippen LogP contribution in [0.3, 0.4) is 0 Å². The zero-order valence-electron chi connectivity index (χ0n) is 6.03. The third kappa shape index (κ3) is 3.71. The van der Waals surface area contributed by atoms with Gasteiger partial charge in [-0.15, -0.1) is 0 Å². The SMILES string of the molecule is C=C(C)CC(=C)C(C)=O. The molecule has 50 valence electrons. The predicted molar refractivity (Wildman–Crippen MR) is 39.3 cm³/mol. The first-order valence-corrected chi connectivity index (χ1v) is 2.87. The number of hydrogen-bond donors (Lipinski definition) is 0. The highest BCUT2D eigenvalue weighted by molar-refractivity contribution is 5.92. The van der Waals surface area contributed by atoms with E-state index in [0.717, 1.165) is 5.57 Å². The number of carbonyl (C=O) groups is 1. The minimum absolute atomic E-state index is 0.0537. The molecule has 0 aliphatic heterocycles. The topological polar surface area (TPSA) is 17.1 Å². The quantitative estimate of drug-likeness (QED) is 0.416. The van der Waals surface area contributed by atoms with Gasteiger partial charge < -0.3 is 0 Å². The highest BCUT2D eigenvalue weighted by Crippen LogP contribution is 2.05. The van der Waals surface area contributed by atoms with E-state index in [0.29, 0.717) is 12.0 Å². The van der Waals surface area contributed by atoms with E-state index in [9.17, 15) is 4.79 Å². The summed E-state index contributed by atoms with van der Waals surface area (Å²) in [6.07, 6.45) is 0.634. The van der Waals surface area contributed by atoms with Crippen molar-refractivity contribution in [3.63, 3.8) is 0 Å². The van der Waals surface area contributed by atoms with Crippen LogP contribution in [0.1, 0.15) is 20.3 Å². The summed E-state index contributed by atoms with van der Waals surface area (Å²) in [5.41, 5.74) is 1.62. The van der Waals surface area contributed by atoms with Crippen LogP contribution in [0.15, 0.2) is 24.3 Å². The Kier molecular flexibility index (Phi) is 2.93. The second-order valence-electron chi connectivity index (χ2n) is 2.29. The van der Waals surface area contributed by atoms with Gasteiger partial charge in [0.25, 0.3) is 0 Å². The van der Waals surface area contributed by atoms with Gasteiger partial charge in [-0.3, -0.25) is 4.79 Å². The first-order chi connectivity index (χ1) is 4.04. The molecule has 0 aliphatic carbocycles. The van der Waals surface area contributed by atoms with E-state index >= 15 is 0 Å². The van der Waals surface area contributed by atoms with Gasteiger partial charge in [-0.2, -0.15) is 0 Å². The molecule has 0 aromatic carbocycles. The summed E-state index contributed by atoms with van der Waals surface area (Å²) < 4.78 is 0. The molecule has 0 atom stereocenters. The Bertz CT molecular complexity index is 154. The summed E-state index contributed by atoms with van der Waals surface area (Å²) in [7, 11) is 0. The highest BCUT2D eigenvalue weighted by atomic mass is 16.1. The molecule has 0 rings (SSSR count). The maximum Gasteiger partial charge on any atom is 0.155 e. The standard InChI is InChI=1S/C8H12O/c1-6(2)5-7(3)8(4)9/h1,3,5H2,2,4H3. The third-order valence-electron chi connectivity index (χ3n) is 1.01. The fourth-order valence-corrected chi connectivity index (χ4v) is 0.489. The van der Waals surface area contributed by atoms with Crippen molar-refractivity contribution in [3.8, 4) is 0 Å². The molecule has 1 heteroatoms. The fraction of sp³-hybridized carbons (Fsp3) is 0.375. The van der Waals surface area contributed by atoms with Crippen molar-refractivity contribution in [2.45, 2.75) is 20.3 Å². The van der Waals surface area contributed by atoms with E-state index < -0.39 is 0 Å². The van der Waals surface area contributed by atoms with Crippen LogP contribution in [0.5, 0.6) is 0 Å². The molecular weight excluding hydrogens is 112 g/mol. The monoisotopic (exact) mass is 124 g/mol. The van der Waals surface area contributed by atoms with Crippen molar-refractivity contribution in [2.75, 3.05) is 0 Å². The van der Waals surface area contributed by atoms with Gasteiger partial charge in [0.2, 0.25) is 0 Å². The van der Waals surface area contributed by atoms with Gasteiger partial charge >= 0.3 is 0 Å². The van der Waals surface area contributed by atoms with Gasteiger partial charge in [-0.25, -0.2) is 0 Å². The number of ketones is 1. The molecular formula is C8H12O. The average molecular weight is 124 g/mol. The minimum atomic E-state index is 0.0537. The molecule has 0 aliphatic rings. The zero-order valence-corrected chi connectivity index (χ0v) is 6.03. The average Bonchev–Trinajstić information content (AvgIpc) is 1.63. The molecule has 0 radical (unpaired) electrons. The summed E-state index contributed by atoms with van der Waals surface area (Å²) >= 11 is 0. The Hall–Kier alpha value is -0.850. The second kappa shape index (κ2) is 3.23. The van der Waals surface area contributed by atoms with E-state index in [1.54, 1.807) is 0 Å². The lowest BCUT2D eigenvalue weighted by Gasteiger charge is -1.97. The second-order valence-corrected chi connectivity index (χ2v) is 2.29. The summed E-state index contributed by atoms with van der Waals surface area (Å²) in [4.78, 5) is 10.5. The van der Waals surface area contributed by atoms with Crippen LogP contribution in [-0.4, -0.2) is 5.78 Å². The minimum Gasteiger partial charge on any atom is -0.295 e. The fourth-order valence-electron chi connectivity index (χ4n) is 0.489. The Labute approximate surface area is 56.1 Å². The molecule has 0 fully saturated rings. The number of Topliss-reactive ketones (excluding diaryl/α,β-unsaturated/α-hetero) is 1. The van der Waals surface area contributed by atoms with Crippen LogP contribution >= 0.6 is 0 Å². The Morgan fingerprint density at radius 3 is 1.89 bits per heavy atom. The van der Waals surface area contributed by atoms with Gasteiger partial charge in [-0.1, -0.05) is 18.7 Å². The van der Waals surface area contributed by atoms with E-state index in [-0.39, 0.29) is 5.78 Å². The zero-order chi connectivity index (χ0) is 7.44. The van der Waals surface area contributed by atoms with Gasteiger partial charge in [0.15, 0.2) is 5.78 Å². The molecule has 0 saturated heterocycles. The van der Waals surface area contributed by atoms with Crippen LogP contribution in [0, 0.1) is 0 Å². The molecule has 0 saturated carbocycles. The maximum atomic E-state index is 10.5. The van der Waals surface area contributed by atoms with Crippen LogP contribution in [0.25, 0.3) is 0 Å². The normalized spacial score (nSPS) is 8.67. The van der Waals surface area contributed by atoms with E-state index in [1.165, 1.54) is 6.92 Å². The Morgan fingerprint density at radius 2 is 1.78 bits per heavy atom. The van der Waals surface area contributed by atoms with Crippen LogP contribution in [-0.2, 0) is 4.79 Å². The van der Waals surface area contributed by atoms with Gasteiger partial charge in [0, 0.05) is 0 Å². The lowest BCUT2D eigenvalue weighted by Crippen LogP contribution is -1.94. The summed E-state index contributed by atoms with van der Waals surface area (Å²) in [5.74, 6) is 0.0537. The third-order valence-corrected chi connectivity index (χ3v) is 1.01. The van der Waals surface area contributed by atoms with E-state index in [4.69, 9.17) is 0 Å². The van der Waals surface area contributed by atoms with Crippen molar-refractivity contribution in [2.24, 2.45) is 0 Å². The first-order valence-electron chi connectivity index (χ1n) is 2.87. The van der Waals surface area contributed by atoms with Crippen LogP contribution in [0.4, 0.5) is 0 Å². The Balaban J connectivity index is 3.79. The molecule has 0 heterocycles. The van der Waals surface area contributed by atoms with Crippen molar-refractivity contribution >= 4 is 5.78 Å². The van der Waals surface area contributed by atoms with E-state index in [1.807, 2.05) is 6.92 Å². The summed E-state index contributed by atoms with van der Waals surface area (Å²) in [6.45, 7) is 10.7.